The van der Waals surface area contributed by atoms with E-state index in [4.69, 9.17) is 21.1 Å². The van der Waals surface area contributed by atoms with Crippen LogP contribution in [-0.4, -0.2) is 91.9 Å². The average Bonchev–Trinajstić information content (AvgIpc) is 2.77. The van der Waals surface area contributed by atoms with Gasteiger partial charge in [-0.3, -0.25) is 24.0 Å². The molecule has 4 atom stereocenters. The van der Waals surface area contributed by atoms with E-state index in [0.717, 1.165) is 0 Å². The summed E-state index contributed by atoms with van der Waals surface area (Å²) in [7, 11) is 0. The number of aliphatic hydroxyl groups is 1. The molecular weight excluding hydrogens is 472 g/mol. The van der Waals surface area contributed by atoms with E-state index in [1.54, 1.807) is 0 Å². The molecule has 4 unspecified atom stereocenters. The van der Waals surface area contributed by atoms with E-state index in [1.807, 2.05) is 10.6 Å². The number of benzene rings is 1. The molecule has 0 aliphatic carbocycles. The van der Waals surface area contributed by atoms with Crippen LogP contribution >= 0.6 is 0 Å². The van der Waals surface area contributed by atoms with Gasteiger partial charge in [0, 0.05) is 6.42 Å². The summed E-state index contributed by atoms with van der Waals surface area (Å²) in [5.74, 6) is -8.14. The minimum Gasteiger partial charge on any atom is -0.508 e. The summed E-state index contributed by atoms with van der Waals surface area (Å²) in [6.45, 7) is -0.811. The van der Waals surface area contributed by atoms with Crippen LogP contribution in [0.2, 0.25) is 0 Å². The zero-order valence-corrected chi connectivity index (χ0v) is 18.2. The fourth-order valence-corrected chi connectivity index (χ4v) is 2.74. The highest BCUT2D eigenvalue weighted by molar-refractivity contribution is 5.96. The normalized spacial score (nSPS) is 14.0. The number of phenols is 1. The first kappa shape index (κ1) is 28.8. The van der Waals surface area contributed by atoms with Crippen LogP contribution in [0.1, 0.15) is 18.4 Å². The predicted molar refractivity (Wildman–Crippen MR) is 115 cm³/mol. The average molecular weight is 498 g/mol. The molecule has 3 amide bonds. The Labute approximate surface area is 197 Å². The van der Waals surface area contributed by atoms with E-state index in [1.165, 1.54) is 24.3 Å². The number of carbonyl (C=O) groups excluding carboxylic acids is 3. The van der Waals surface area contributed by atoms with Gasteiger partial charge in [-0.15, -0.1) is 0 Å². The van der Waals surface area contributed by atoms with Crippen molar-refractivity contribution >= 4 is 35.6 Å². The number of carbonyl (C=O) groups is 6. The quantitative estimate of drug-likeness (QED) is 0.122. The lowest BCUT2D eigenvalue weighted by molar-refractivity contribution is -0.145. The first-order valence-corrected chi connectivity index (χ1v) is 10.1. The van der Waals surface area contributed by atoms with Crippen LogP contribution in [0.25, 0.3) is 0 Å². The highest BCUT2D eigenvalue weighted by Gasteiger charge is 2.32. The third kappa shape index (κ3) is 10.1. The standard InChI is InChI=1S/C20H26N4O11/c21-11(8-25)17(31)22-12(6-15(27)28)18(32)23-13(7-16(29)30)19(33)24-14(20(34)35)5-9-1-3-10(26)4-2-9/h1-4,11-14,25-26H,5-8,21H2,(H,22,31)(H,23,32)(H,24,33)(H,27,28)(H,29,30)(H,34,35). The molecule has 35 heavy (non-hydrogen) atoms. The fourth-order valence-electron chi connectivity index (χ4n) is 2.74. The van der Waals surface area contributed by atoms with E-state index >= 15 is 0 Å². The van der Waals surface area contributed by atoms with Gasteiger partial charge in [0.25, 0.3) is 0 Å². The summed E-state index contributed by atoms with van der Waals surface area (Å²) in [6.07, 6.45) is -2.20. The van der Waals surface area contributed by atoms with Crippen molar-refractivity contribution in [2.45, 2.75) is 43.4 Å². The molecular formula is C20H26N4O11. The molecule has 10 N–H and O–H groups in total. The van der Waals surface area contributed by atoms with Gasteiger partial charge in [0.15, 0.2) is 0 Å². The molecule has 192 valence electrons. The second kappa shape index (κ2) is 13.5. The second-order valence-electron chi connectivity index (χ2n) is 7.38. The maximum atomic E-state index is 12.6. The molecule has 1 aromatic carbocycles. The molecule has 0 saturated heterocycles. The summed E-state index contributed by atoms with van der Waals surface area (Å²) >= 11 is 0. The Balaban J connectivity index is 3.03. The van der Waals surface area contributed by atoms with Crippen molar-refractivity contribution in [2.75, 3.05) is 6.61 Å². The number of rotatable bonds is 14. The van der Waals surface area contributed by atoms with Crippen molar-refractivity contribution in [3.05, 3.63) is 29.8 Å². The predicted octanol–water partition coefficient (Wildman–Crippen LogP) is -3.26. The summed E-state index contributed by atoms with van der Waals surface area (Å²) < 4.78 is 0. The molecule has 1 rings (SSSR count). The van der Waals surface area contributed by atoms with Crippen LogP contribution in [0.5, 0.6) is 5.75 Å². The molecule has 1 aromatic rings. The molecule has 0 radical (unpaired) electrons. The van der Waals surface area contributed by atoms with Crippen molar-refractivity contribution in [1.29, 1.82) is 0 Å². The van der Waals surface area contributed by atoms with Gasteiger partial charge in [-0.1, -0.05) is 12.1 Å². The van der Waals surface area contributed by atoms with E-state index in [-0.39, 0.29) is 12.2 Å². The van der Waals surface area contributed by atoms with E-state index in [0.29, 0.717) is 5.56 Å². The Hall–Kier alpha value is -4.24. The van der Waals surface area contributed by atoms with Crippen molar-refractivity contribution in [3.63, 3.8) is 0 Å². The Kier molecular flexibility index (Phi) is 11.1. The Morgan fingerprint density at radius 2 is 1.17 bits per heavy atom. The first-order valence-electron chi connectivity index (χ1n) is 10.1. The van der Waals surface area contributed by atoms with Gasteiger partial charge in [-0.25, -0.2) is 4.79 Å². The number of hydrogen-bond donors (Lipinski definition) is 9. The molecule has 15 nitrogen and oxygen atoms in total. The van der Waals surface area contributed by atoms with Crippen LogP contribution in [0.15, 0.2) is 24.3 Å². The largest absolute Gasteiger partial charge is 0.508 e. The Morgan fingerprint density at radius 1 is 0.743 bits per heavy atom. The summed E-state index contributed by atoms with van der Waals surface area (Å²) in [4.78, 5) is 71.0. The number of nitrogens with one attached hydrogen (secondary N) is 3. The summed E-state index contributed by atoms with van der Waals surface area (Å²) in [5, 5.41) is 51.9. The number of aliphatic carboxylic acids is 3. The Morgan fingerprint density at radius 3 is 1.57 bits per heavy atom. The van der Waals surface area contributed by atoms with E-state index < -0.39 is 79.2 Å². The lowest BCUT2D eigenvalue weighted by Gasteiger charge is -2.23. The first-order chi connectivity index (χ1) is 16.3. The van der Waals surface area contributed by atoms with Gasteiger partial charge in [-0.2, -0.15) is 0 Å². The third-order valence-electron chi connectivity index (χ3n) is 4.55. The minimum absolute atomic E-state index is 0.0724. The number of carboxylic acids is 3. The number of nitrogens with two attached hydrogens (primary N) is 1. The summed E-state index contributed by atoms with van der Waals surface area (Å²) in [6, 6.07) is -1.23. The number of hydrogen-bond acceptors (Lipinski definition) is 9. The number of aliphatic hydroxyl groups excluding tert-OH is 1. The van der Waals surface area contributed by atoms with Crippen LogP contribution < -0.4 is 21.7 Å². The van der Waals surface area contributed by atoms with Gasteiger partial charge >= 0.3 is 17.9 Å². The monoisotopic (exact) mass is 498 g/mol. The molecule has 0 aromatic heterocycles. The maximum Gasteiger partial charge on any atom is 0.326 e. The van der Waals surface area contributed by atoms with Crippen LogP contribution in [0, 0.1) is 0 Å². The molecule has 0 saturated carbocycles. The number of phenolic OH excluding ortho intramolecular Hbond substituents is 1. The summed E-state index contributed by atoms with van der Waals surface area (Å²) in [5.41, 5.74) is 5.73. The molecule has 0 aliphatic heterocycles. The highest BCUT2D eigenvalue weighted by atomic mass is 16.4. The molecule has 0 bridgehead atoms. The molecule has 0 heterocycles. The molecule has 0 spiro atoms. The molecule has 0 aliphatic rings. The maximum absolute atomic E-state index is 12.6. The van der Waals surface area contributed by atoms with E-state index in [9.17, 15) is 39.0 Å². The third-order valence-corrected chi connectivity index (χ3v) is 4.55. The second-order valence-corrected chi connectivity index (χ2v) is 7.38. The van der Waals surface area contributed by atoms with Crippen molar-refractivity contribution < 1.29 is 54.3 Å². The lowest BCUT2D eigenvalue weighted by atomic mass is 10.0. The number of amides is 3. The van der Waals surface area contributed by atoms with Crippen LogP contribution in [-0.2, 0) is 35.2 Å². The zero-order chi connectivity index (χ0) is 26.7. The smallest absolute Gasteiger partial charge is 0.326 e. The zero-order valence-electron chi connectivity index (χ0n) is 18.2. The fraction of sp³-hybridized carbons (Fsp3) is 0.400. The minimum atomic E-state index is -1.83. The highest BCUT2D eigenvalue weighted by Crippen LogP contribution is 2.12. The molecule has 0 fully saturated rings. The van der Waals surface area contributed by atoms with E-state index in [2.05, 4.69) is 5.32 Å². The van der Waals surface area contributed by atoms with Crippen LogP contribution in [0.4, 0.5) is 0 Å². The van der Waals surface area contributed by atoms with Gasteiger partial charge < -0.3 is 47.2 Å². The molecule has 15 heteroatoms. The van der Waals surface area contributed by atoms with Gasteiger partial charge in [-0.05, 0) is 17.7 Å². The van der Waals surface area contributed by atoms with Crippen molar-refractivity contribution in [3.8, 4) is 5.75 Å². The van der Waals surface area contributed by atoms with Crippen molar-refractivity contribution in [1.82, 2.24) is 16.0 Å². The van der Waals surface area contributed by atoms with Gasteiger partial charge in [0.05, 0.1) is 19.4 Å². The van der Waals surface area contributed by atoms with Crippen molar-refractivity contribution in [2.24, 2.45) is 5.73 Å². The van der Waals surface area contributed by atoms with Gasteiger partial charge in [0.2, 0.25) is 17.7 Å². The Bertz CT molecular complexity index is 951. The SMILES string of the molecule is NC(CO)C(=O)NC(CC(=O)O)C(=O)NC(CC(=O)O)C(=O)NC(Cc1ccc(O)cc1)C(=O)O. The number of carboxylic acid groups (broad SMARTS) is 3. The topological polar surface area (TPSA) is 266 Å². The lowest BCUT2D eigenvalue weighted by Crippen LogP contribution is -2.58. The number of aromatic hydroxyl groups is 1. The van der Waals surface area contributed by atoms with Gasteiger partial charge in [0.1, 0.15) is 29.9 Å². The van der Waals surface area contributed by atoms with Crippen LogP contribution in [0.3, 0.4) is 0 Å².